The second kappa shape index (κ2) is 6.60. The fourth-order valence-electron chi connectivity index (χ4n) is 1.81. The van der Waals surface area contributed by atoms with Crippen molar-refractivity contribution >= 4 is 23.2 Å². The molecule has 0 heterocycles. The molecular formula is C13H19Cl2NO. The molecule has 1 rings (SSSR count). The smallest absolute Gasteiger partial charge is 0.0790 e. The Bertz CT molecular complexity index is 368. The van der Waals surface area contributed by atoms with Crippen molar-refractivity contribution < 1.29 is 4.74 Å². The molecule has 0 radical (unpaired) electrons. The molecule has 0 bridgehead atoms. The summed E-state index contributed by atoms with van der Waals surface area (Å²) in [5.74, 6) is 0.347. The fraction of sp³-hybridized carbons (Fsp3) is 0.538. The first-order chi connectivity index (χ1) is 7.97. The van der Waals surface area contributed by atoms with Gasteiger partial charge in [0.15, 0.2) is 0 Å². The first-order valence-electron chi connectivity index (χ1n) is 5.79. The summed E-state index contributed by atoms with van der Waals surface area (Å²) in [5.41, 5.74) is 7.17. The van der Waals surface area contributed by atoms with Crippen molar-refractivity contribution in [3.05, 3.63) is 33.8 Å². The zero-order valence-electron chi connectivity index (χ0n) is 10.4. The van der Waals surface area contributed by atoms with Gasteiger partial charge in [0.25, 0.3) is 0 Å². The van der Waals surface area contributed by atoms with Crippen LogP contribution in [0.5, 0.6) is 0 Å². The van der Waals surface area contributed by atoms with Gasteiger partial charge in [0, 0.05) is 6.61 Å². The summed E-state index contributed by atoms with van der Waals surface area (Å²) < 4.78 is 5.69. The van der Waals surface area contributed by atoms with Gasteiger partial charge in [-0.1, -0.05) is 43.1 Å². The maximum absolute atomic E-state index is 6.22. The Balaban J connectivity index is 2.92. The van der Waals surface area contributed by atoms with Gasteiger partial charge in [-0.2, -0.15) is 0 Å². The van der Waals surface area contributed by atoms with Crippen LogP contribution in [0.25, 0.3) is 0 Å². The lowest BCUT2D eigenvalue weighted by molar-refractivity contribution is 0.0121. The average Bonchev–Trinajstić information content (AvgIpc) is 2.28. The van der Waals surface area contributed by atoms with E-state index in [4.69, 9.17) is 33.7 Å². The molecule has 1 aromatic carbocycles. The lowest BCUT2D eigenvalue weighted by Crippen LogP contribution is -2.33. The van der Waals surface area contributed by atoms with Gasteiger partial charge < -0.3 is 10.5 Å². The van der Waals surface area contributed by atoms with Gasteiger partial charge in [-0.05, 0) is 30.5 Å². The summed E-state index contributed by atoms with van der Waals surface area (Å²) in [5, 5.41) is 1.07. The second-order valence-electron chi connectivity index (χ2n) is 4.36. The highest BCUT2D eigenvalue weighted by molar-refractivity contribution is 6.42. The fourth-order valence-corrected chi connectivity index (χ4v) is 2.12. The zero-order valence-corrected chi connectivity index (χ0v) is 11.9. The minimum atomic E-state index is -0.190. The van der Waals surface area contributed by atoms with E-state index in [1.165, 1.54) is 0 Å². The molecule has 0 aliphatic rings. The topological polar surface area (TPSA) is 35.2 Å². The minimum Gasteiger partial charge on any atom is -0.376 e. The number of ether oxygens (including phenoxy) is 1. The van der Waals surface area contributed by atoms with Gasteiger partial charge in [0.05, 0.1) is 22.2 Å². The maximum atomic E-state index is 6.22. The SMILES string of the molecule is CCOC(C(C)C)C(N)c1ccc(Cl)c(Cl)c1. The van der Waals surface area contributed by atoms with E-state index in [-0.39, 0.29) is 12.1 Å². The van der Waals surface area contributed by atoms with Crippen LogP contribution >= 0.6 is 23.2 Å². The van der Waals surface area contributed by atoms with Crippen molar-refractivity contribution in [2.24, 2.45) is 11.7 Å². The summed E-state index contributed by atoms with van der Waals surface area (Å²) in [6.07, 6.45) is -0.0164. The van der Waals surface area contributed by atoms with Crippen molar-refractivity contribution in [1.82, 2.24) is 0 Å². The van der Waals surface area contributed by atoms with Crippen LogP contribution in [0.1, 0.15) is 32.4 Å². The highest BCUT2D eigenvalue weighted by atomic mass is 35.5. The Labute approximate surface area is 113 Å². The summed E-state index contributed by atoms with van der Waals surface area (Å²) in [6, 6.07) is 5.28. The predicted molar refractivity (Wildman–Crippen MR) is 73.6 cm³/mol. The van der Waals surface area contributed by atoms with Gasteiger partial charge in [-0.3, -0.25) is 0 Å². The van der Waals surface area contributed by atoms with Gasteiger partial charge in [-0.15, -0.1) is 0 Å². The van der Waals surface area contributed by atoms with E-state index < -0.39 is 0 Å². The molecule has 96 valence electrons. The lowest BCUT2D eigenvalue weighted by Gasteiger charge is -2.27. The van der Waals surface area contributed by atoms with Crippen LogP contribution < -0.4 is 5.73 Å². The van der Waals surface area contributed by atoms with E-state index in [0.29, 0.717) is 22.6 Å². The first kappa shape index (κ1) is 14.8. The molecule has 0 saturated carbocycles. The molecule has 0 fully saturated rings. The van der Waals surface area contributed by atoms with Crippen LogP contribution in [0.2, 0.25) is 10.0 Å². The van der Waals surface area contributed by atoms with E-state index in [1.54, 1.807) is 6.07 Å². The third kappa shape index (κ3) is 3.85. The molecule has 0 amide bonds. The minimum absolute atomic E-state index is 0.0164. The number of nitrogens with two attached hydrogens (primary N) is 1. The molecule has 0 aromatic heterocycles. The first-order valence-corrected chi connectivity index (χ1v) is 6.55. The summed E-state index contributed by atoms with van der Waals surface area (Å²) in [4.78, 5) is 0. The highest BCUT2D eigenvalue weighted by Crippen LogP contribution is 2.28. The van der Waals surface area contributed by atoms with Gasteiger partial charge >= 0.3 is 0 Å². The summed E-state index contributed by atoms with van der Waals surface area (Å²) in [7, 11) is 0. The number of benzene rings is 1. The second-order valence-corrected chi connectivity index (χ2v) is 5.18. The molecule has 2 unspecified atom stereocenters. The molecule has 1 aromatic rings. The largest absolute Gasteiger partial charge is 0.376 e. The van der Waals surface area contributed by atoms with Crippen molar-refractivity contribution in [2.75, 3.05) is 6.61 Å². The number of hydrogen-bond donors (Lipinski definition) is 1. The Morgan fingerprint density at radius 2 is 1.88 bits per heavy atom. The van der Waals surface area contributed by atoms with Gasteiger partial charge in [0.1, 0.15) is 0 Å². The molecule has 2 nitrogen and oxygen atoms in total. The molecule has 0 aliphatic heterocycles. The summed E-state index contributed by atoms with van der Waals surface area (Å²) >= 11 is 11.9. The van der Waals surface area contributed by atoms with E-state index in [0.717, 1.165) is 5.56 Å². The molecule has 0 spiro atoms. The van der Waals surface area contributed by atoms with Crippen molar-refractivity contribution in [2.45, 2.75) is 32.9 Å². The van der Waals surface area contributed by atoms with Crippen LogP contribution in [-0.4, -0.2) is 12.7 Å². The van der Waals surface area contributed by atoms with Gasteiger partial charge in [0.2, 0.25) is 0 Å². The van der Waals surface area contributed by atoms with Gasteiger partial charge in [-0.25, -0.2) is 0 Å². The zero-order chi connectivity index (χ0) is 13.0. The Morgan fingerprint density at radius 3 is 2.35 bits per heavy atom. The van der Waals surface area contributed by atoms with Crippen LogP contribution in [0.3, 0.4) is 0 Å². The monoisotopic (exact) mass is 275 g/mol. The summed E-state index contributed by atoms with van der Waals surface area (Å²) in [6.45, 7) is 6.81. The Kier molecular flexibility index (Phi) is 5.74. The van der Waals surface area contributed by atoms with Crippen molar-refractivity contribution in [3.63, 3.8) is 0 Å². The lowest BCUT2D eigenvalue weighted by atomic mass is 9.94. The molecule has 2 N–H and O–H groups in total. The van der Waals surface area contributed by atoms with E-state index >= 15 is 0 Å². The molecular weight excluding hydrogens is 257 g/mol. The number of rotatable bonds is 5. The van der Waals surface area contributed by atoms with Crippen LogP contribution in [0.4, 0.5) is 0 Å². The van der Waals surface area contributed by atoms with E-state index in [2.05, 4.69) is 13.8 Å². The molecule has 0 saturated heterocycles. The number of hydrogen-bond acceptors (Lipinski definition) is 2. The third-order valence-corrected chi connectivity index (χ3v) is 3.44. The quantitative estimate of drug-likeness (QED) is 0.880. The van der Waals surface area contributed by atoms with Crippen LogP contribution in [0, 0.1) is 5.92 Å². The molecule has 0 aliphatic carbocycles. The number of halogens is 2. The van der Waals surface area contributed by atoms with Crippen LogP contribution in [0.15, 0.2) is 18.2 Å². The molecule has 2 atom stereocenters. The Hall–Kier alpha value is -0.280. The van der Waals surface area contributed by atoms with Crippen molar-refractivity contribution in [3.8, 4) is 0 Å². The average molecular weight is 276 g/mol. The van der Waals surface area contributed by atoms with Crippen LogP contribution in [-0.2, 0) is 4.74 Å². The Morgan fingerprint density at radius 1 is 1.24 bits per heavy atom. The highest BCUT2D eigenvalue weighted by Gasteiger charge is 2.23. The third-order valence-electron chi connectivity index (χ3n) is 2.70. The molecule has 17 heavy (non-hydrogen) atoms. The predicted octanol–water partition coefficient (Wildman–Crippen LogP) is 4.05. The van der Waals surface area contributed by atoms with Crippen molar-refractivity contribution in [1.29, 1.82) is 0 Å². The normalized spacial score (nSPS) is 15.0. The maximum Gasteiger partial charge on any atom is 0.0790 e. The standard InChI is InChI=1S/C13H19Cl2NO/c1-4-17-13(8(2)3)12(16)9-5-6-10(14)11(15)7-9/h5-8,12-13H,4,16H2,1-3H3. The molecule has 4 heteroatoms. The van der Waals surface area contributed by atoms with E-state index in [1.807, 2.05) is 19.1 Å². The van der Waals surface area contributed by atoms with E-state index in [9.17, 15) is 0 Å².